The van der Waals surface area contributed by atoms with Gasteiger partial charge < -0.3 is 4.90 Å². The molecule has 1 aliphatic rings. The van der Waals surface area contributed by atoms with Crippen LogP contribution in [0.3, 0.4) is 0 Å². The number of rotatable bonds is 1. The highest BCUT2D eigenvalue weighted by atomic mass is 16.2. The molecule has 1 aliphatic heterocycles. The first-order valence-electron chi connectivity index (χ1n) is 4.25. The van der Waals surface area contributed by atoms with Crippen LogP contribution in [0.2, 0.25) is 0 Å². The summed E-state index contributed by atoms with van der Waals surface area (Å²) >= 11 is 0. The molecule has 0 atom stereocenters. The number of carbonyl (C=O) groups excluding carboxylic acids is 1. The van der Waals surface area contributed by atoms with Crippen molar-refractivity contribution in [2.24, 2.45) is 0 Å². The topological polar surface area (TPSA) is 20.3 Å². The van der Waals surface area contributed by atoms with Gasteiger partial charge in [0.05, 0.1) is 6.54 Å². The molecule has 1 aromatic rings. The van der Waals surface area contributed by atoms with Gasteiger partial charge in [-0.15, -0.1) is 0 Å². The van der Waals surface area contributed by atoms with Crippen LogP contribution >= 0.6 is 0 Å². The zero-order valence-corrected chi connectivity index (χ0v) is 7.58. The number of carbonyl (C=O) groups is 1. The molecule has 1 fully saturated rings. The third-order valence-electron chi connectivity index (χ3n) is 2.24. The van der Waals surface area contributed by atoms with Crippen molar-refractivity contribution in [2.75, 3.05) is 11.4 Å². The number of nitrogens with zero attached hydrogens (tertiary/aromatic N) is 1. The van der Waals surface area contributed by atoms with Crippen LogP contribution in [0, 0.1) is 6.92 Å². The van der Waals surface area contributed by atoms with E-state index in [2.05, 4.69) is 6.58 Å². The van der Waals surface area contributed by atoms with E-state index in [9.17, 15) is 4.79 Å². The molecule has 0 saturated carbocycles. The van der Waals surface area contributed by atoms with Gasteiger partial charge in [-0.1, -0.05) is 24.3 Å². The SMILES string of the molecule is C=C1CN(c2ccc(C)cc2)C1=O. The fraction of sp³-hybridized carbons (Fsp3) is 0.182. The lowest BCUT2D eigenvalue weighted by atomic mass is 10.1. The van der Waals surface area contributed by atoms with E-state index in [0.717, 1.165) is 5.69 Å². The van der Waals surface area contributed by atoms with Crippen LogP contribution in [0.25, 0.3) is 0 Å². The van der Waals surface area contributed by atoms with Crippen molar-refractivity contribution in [3.63, 3.8) is 0 Å². The molecule has 0 aliphatic carbocycles. The first kappa shape index (κ1) is 8.05. The maximum atomic E-state index is 11.3. The molecule has 0 radical (unpaired) electrons. The van der Waals surface area contributed by atoms with Gasteiger partial charge in [0, 0.05) is 11.3 Å². The van der Waals surface area contributed by atoms with Crippen LogP contribution in [0.15, 0.2) is 36.4 Å². The quantitative estimate of drug-likeness (QED) is 0.469. The summed E-state index contributed by atoms with van der Waals surface area (Å²) in [5.74, 6) is 0.0452. The van der Waals surface area contributed by atoms with Crippen molar-refractivity contribution < 1.29 is 4.79 Å². The second-order valence-corrected chi connectivity index (χ2v) is 3.33. The molecular weight excluding hydrogens is 162 g/mol. The molecule has 0 bridgehead atoms. The Morgan fingerprint density at radius 2 is 1.92 bits per heavy atom. The molecule has 1 aromatic carbocycles. The molecule has 0 aromatic heterocycles. The Labute approximate surface area is 77.5 Å². The average Bonchev–Trinajstić information content (AvgIpc) is 2.15. The van der Waals surface area contributed by atoms with Crippen LogP contribution in [-0.2, 0) is 4.79 Å². The number of aryl methyl sites for hydroxylation is 1. The zero-order chi connectivity index (χ0) is 9.42. The highest BCUT2D eigenvalue weighted by molar-refractivity contribution is 6.13. The molecular formula is C11H11NO. The molecule has 2 rings (SSSR count). The van der Waals surface area contributed by atoms with Gasteiger partial charge in [0.2, 0.25) is 0 Å². The van der Waals surface area contributed by atoms with Crippen LogP contribution in [0.5, 0.6) is 0 Å². The second-order valence-electron chi connectivity index (χ2n) is 3.33. The number of hydrogen-bond acceptors (Lipinski definition) is 1. The molecule has 1 heterocycles. The molecule has 66 valence electrons. The Bertz CT molecular complexity index is 364. The smallest absolute Gasteiger partial charge is 0.255 e. The van der Waals surface area contributed by atoms with Gasteiger partial charge in [0.25, 0.3) is 5.91 Å². The van der Waals surface area contributed by atoms with Crippen molar-refractivity contribution in [1.82, 2.24) is 0 Å². The van der Waals surface area contributed by atoms with Gasteiger partial charge in [-0.25, -0.2) is 0 Å². The Kier molecular flexibility index (Phi) is 1.69. The van der Waals surface area contributed by atoms with Crippen molar-refractivity contribution in [1.29, 1.82) is 0 Å². The molecule has 0 spiro atoms. The van der Waals surface area contributed by atoms with Crippen LogP contribution in [0.4, 0.5) is 5.69 Å². The number of benzene rings is 1. The predicted molar refractivity (Wildman–Crippen MR) is 52.7 cm³/mol. The third kappa shape index (κ3) is 1.24. The number of hydrogen-bond donors (Lipinski definition) is 0. The summed E-state index contributed by atoms with van der Waals surface area (Å²) < 4.78 is 0. The van der Waals surface area contributed by atoms with Crippen LogP contribution in [0.1, 0.15) is 5.56 Å². The first-order valence-corrected chi connectivity index (χ1v) is 4.25. The summed E-state index contributed by atoms with van der Waals surface area (Å²) in [6.07, 6.45) is 0. The van der Waals surface area contributed by atoms with Crippen molar-refractivity contribution >= 4 is 11.6 Å². The number of β-lactam (4-membered cyclic amide) rings is 1. The molecule has 1 saturated heterocycles. The molecule has 0 unspecified atom stereocenters. The lowest BCUT2D eigenvalue weighted by Crippen LogP contribution is -2.45. The molecule has 1 amide bonds. The first-order chi connectivity index (χ1) is 6.18. The van der Waals surface area contributed by atoms with Gasteiger partial charge in [0.1, 0.15) is 0 Å². The molecule has 2 nitrogen and oxygen atoms in total. The van der Waals surface area contributed by atoms with Crippen molar-refractivity contribution in [2.45, 2.75) is 6.92 Å². The Morgan fingerprint density at radius 3 is 2.38 bits per heavy atom. The largest absolute Gasteiger partial charge is 0.304 e. The summed E-state index contributed by atoms with van der Waals surface area (Å²) in [4.78, 5) is 13.0. The van der Waals surface area contributed by atoms with E-state index in [0.29, 0.717) is 12.1 Å². The van der Waals surface area contributed by atoms with Gasteiger partial charge in [-0.3, -0.25) is 4.79 Å². The molecule has 2 heteroatoms. The van der Waals surface area contributed by atoms with E-state index in [1.807, 2.05) is 31.2 Å². The summed E-state index contributed by atoms with van der Waals surface area (Å²) in [7, 11) is 0. The van der Waals surface area contributed by atoms with Crippen LogP contribution < -0.4 is 4.90 Å². The standard InChI is InChI=1S/C11H11NO/c1-8-3-5-10(6-4-8)12-7-9(2)11(12)13/h3-6H,2,7H2,1H3. The van der Waals surface area contributed by atoms with Gasteiger partial charge in [-0.2, -0.15) is 0 Å². The third-order valence-corrected chi connectivity index (χ3v) is 2.24. The summed E-state index contributed by atoms with van der Waals surface area (Å²) in [5.41, 5.74) is 2.86. The van der Waals surface area contributed by atoms with Gasteiger partial charge in [0.15, 0.2) is 0 Å². The Morgan fingerprint density at radius 1 is 1.31 bits per heavy atom. The van der Waals surface area contributed by atoms with E-state index < -0.39 is 0 Å². The Balaban J connectivity index is 2.23. The maximum absolute atomic E-state index is 11.3. The minimum atomic E-state index is 0.0452. The van der Waals surface area contributed by atoms with E-state index in [1.54, 1.807) is 4.90 Å². The maximum Gasteiger partial charge on any atom is 0.255 e. The number of amides is 1. The fourth-order valence-electron chi connectivity index (χ4n) is 1.36. The van der Waals surface area contributed by atoms with Crippen molar-refractivity contribution in [3.05, 3.63) is 42.0 Å². The second kappa shape index (κ2) is 2.73. The van der Waals surface area contributed by atoms with E-state index in [4.69, 9.17) is 0 Å². The average molecular weight is 173 g/mol. The van der Waals surface area contributed by atoms with E-state index in [-0.39, 0.29) is 5.91 Å². The predicted octanol–water partition coefficient (Wildman–Crippen LogP) is 1.90. The lowest BCUT2D eigenvalue weighted by Gasteiger charge is -2.32. The number of anilines is 1. The summed E-state index contributed by atoms with van der Waals surface area (Å²) in [6.45, 7) is 6.34. The molecule has 13 heavy (non-hydrogen) atoms. The summed E-state index contributed by atoms with van der Waals surface area (Å²) in [5, 5.41) is 0. The van der Waals surface area contributed by atoms with E-state index in [1.165, 1.54) is 5.56 Å². The normalized spacial score (nSPS) is 15.9. The van der Waals surface area contributed by atoms with Crippen LogP contribution in [-0.4, -0.2) is 12.5 Å². The highest BCUT2D eigenvalue weighted by Gasteiger charge is 2.29. The van der Waals surface area contributed by atoms with Gasteiger partial charge in [-0.05, 0) is 19.1 Å². The Hall–Kier alpha value is -1.57. The highest BCUT2D eigenvalue weighted by Crippen LogP contribution is 2.24. The fourth-order valence-corrected chi connectivity index (χ4v) is 1.36. The van der Waals surface area contributed by atoms with Crippen molar-refractivity contribution in [3.8, 4) is 0 Å². The van der Waals surface area contributed by atoms with E-state index >= 15 is 0 Å². The minimum absolute atomic E-state index is 0.0452. The zero-order valence-electron chi connectivity index (χ0n) is 7.58. The summed E-state index contributed by atoms with van der Waals surface area (Å²) in [6, 6.07) is 7.92. The molecule has 0 N–H and O–H groups in total. The minimum Gasteiger partial charge on any atom is -0.304 e. The lowest BCUT2D eigenvalue weighted by molar-refractivity contribution is -0.117. The van der Waals surface area contributed by atoms with Gasteiger partial charge >= 0.3 is 0 Å². The monoisotopic (exact) mass is 173 g/mol.